The SMILES string of the molecule is Cc1nn(-c2ccccc2)c(C)c1[C@@H](OC(=O)c1ccnc(-n2cccn2)c1)C(F)(F)F. The highest BCUT2D eigenvalue weighted by Crippen LogP contribution is 2.40. The number of para-hydroxylation sites is 1. The van der Waals surface area contributed by atoms with Gasteiger partial charge in [0.05, 0.1) is 16.9 Å². The first kappa shape index (κ1) is 21.3. The maximum atomic E-state index is 14.0. The van der Waals surface area contributed by atoms with Crippen LogP contribution >= 0.6 is 0 Å². The van der Waals surface area contributed by atoms with Gasteiger partial charge in [-0.2, -0.15) is 23.4 Å². The molecule has 3 heterocycles. The zero-order valence-corrected chi connectivity index (χ0v) is 17.1. The largest absolute Gasteiger partial charge is 0.444 e. The smallest absolute Gasteiger partial charge is 0.430 e. The molecule has 0 aliphatic heterocycles. The van der Waals surface area contributed by atoms with E-state index in [9.17, 15) is 18.0 Å². The predicted octanol–water partition coefficient (Wildman–Crippen LogP) is 4.53. The van der Waals surface area contributed by atoms with Crippen molar-refractivity contribution in [2.45, 2.75) is 26.1 Å². The van der Waals surface area contributed by atoms with E-state index in [-0.39, 0.29) is 28.3 Å². The van der Waals surface area contributed by atoms with E-state index in [0.29, 0.717) is 5.69 Å². The Labute approximate surface area is 181 Å². The number of esters is 1. The first-order valence-corrected chi connectivity index (χ1v) is 9.61. The van der Waals surface area contributed by atoms with Gasteiger partial charge in [-0.15, -0.1) is 0 Å². The first-order chi connectivity index (χ1) is 15.3. The molecule has 0 aliphatic carbocycles. The van der Waals surface area contributed by atoms with Gasteiger partial charge >= 0.3 is 12.1 Å². The summed E-state index contributed by atoms with van der Waals surface area (Å²) in [6.45, 7) is 2.97. The fourth-order valence-electron chi connectivity index (χ4n) is 3.39. The van der Waals surface area contributed by atoms with Gasteiger partial charge in [0, 0.05) is 29.8 Å². The van der Waals surface area contributed by atoms with Crippen molar-refractivity contribution in [3.63, 3.8) is 0 Å². The second kappa shape index (κ2) is 8.29. The molecule has 0 saturated carbocycles. The fraction of sp³-hybridized carbons (Fsp3) is 0.182. The summed E-state index contributed by atoms with van der Waals surface area (Å²) < 4.78 is 49.8. The molecule has 164 valence electrons. The molecule has 4 rings (SSSR count). The van der Waals surface area contributed by atoms with E-state index in [1.54, 1.807) is 42.6 Å². The highest BCUT2D eigenvalue weighted by atomic mass is 19.4. The van der Waals surface area contributed by atoms with Crippen molar-refractivity contribution in [1.82, 2.24) is 24.5 Å². The monoisotopic (exact) mass is 441 g/mol. The van der Waals surface area contributed by atoms with E-state index >= 15 is 0 Å². The minimum Gasteiger partial charge on any atom is -0.444 e. The average molecular weight is 441 g/mol. The lowest BCUT2D eigenvalue weighted by atomic mass is 10.1. The Morgan fingerprint density at radius 2 is 1.81 bits per heavy atom. The average Bonchev–Trinajstić information content (AvgIpc) is 3.41. The Morgan fingerprint density at radius 1 is 1.06 bits per heavy atom. The fourth-order valence-corrected chi connectivity index (χ4v) is 3.39. The molecular weight excluding hydrogens is 423 g/mol. The standard InChI is InChI=1S/C22H18F3N5O2/c1-14-19(15(2)30(28-14)17-7-4-3-5-8-17)20(22(23,24)25)32-21(31)16-9-11-26-18(13-16)29-12-6-10-27-29/h3-13,20H,1-2H3/t20-/m1/s1. The number of halogens is 3. The van der Waals surface area contributed by atoms with Gasteiger partial charge in [0.2, 0.25) is 6.10 Å². The first-order valence-electron chi connectivity index (χ1n) is 9.61. The van der Waals surface area contributed by atoms with Crippen molar-refractivity contribution in [2.75, 3.05) is 0 Å². The highest BCUT2D eigenvalue weighted by molar-refractivity contribution is 5.90. The van der Waals surface area contributed by atoms with Gasteiger partial charge in [0.15, 0.2) is 5.82 Å². The number of pyridine rings is 1. The summed E-state index contributed by atoms with van der Waals surface area (Å²) in [4.78, 5) is 16.8. The lowest BCUT2D eigenvalue weighted by molar-refractivity contribution is -0.207. The second-order valence-corrected chi connectivity index (χ2v) is 7.01. The molecular formula is C22H18F3N5O2. The quantitative estimate of drug-likeness (QED) is 0.426. The van der Waals surface area contributed by atoms with Crippen LogP contribution in [0.25, 0.3) is 11.5 Å². The number of alkyl halides is 3. The molecule has 0 spiro atoms. The topological polar surface area (TPSA) is 74.8 Å². The summed E-state index contributed by atoms with van der Waals surface area (Å²) in [6, 6.07) is 13.0. The van der Waals surface area contributed by atoms with E-state index in [1.165, 1.54) is 47.7 Å². The number of carbonyl (C=O) groups excluding carboxylic acids is 1. The van der Waals surface area contributed by atoms with Gasteiger partial charge in [0.1, 0.15) is 0 Å². The highest BCUT2D eigenvalue weighted by Gasteiger charge is 2.47. The number of aryl methyl sites for hydroxylation is 1. The number of rotatable bonds is 5. The van der Waals surface area contributed by atoms with Crippen molar-refractivity contribution >= 4 is 5.97 Å². The molecule has 0 bridgehead atoms. The summed E-state index contributed by atoms with van der Waals surface area (Å²) in [6.07, 6.45) is -2.90. The van der Waals surface area contributed by atoms with Crippen molar-refractivity contribution in [3.8, 4) is 11.5 Å². The van der Waals surface area contributed by atoms with Gasteiger partial charge in [0.25, 0.3) is 0 Å². The summed E-state index contributed by atoms with van der Waals surface area (Å²) in [5.41, 5.74) is 0.676. The van der Waals surface area contributed by atoms with Crippen LogP contribution < -0.4 is 0 Å². The van der Waals surface area contributed by atoms with Crippen LogP contribution in [0.4, 0.5) is 13.2 Å². The molecule has 0 aliphatic rings. The minimum atomic E-state index is -4.84. The molecule has 0 saturated heterocycles. The molecule has 0 unspecified atom stereocenters. The predicted molar refractivity (Wildman–Crippen MR) is 109 cm³/mol. The molecule has 0 radical (unpaired) electrons. The molecule has 4 aromatic rings. The number of nitrogens with zero attached hydrogens (tertiary/aromatic N) is 5. The Kier molecular flexibility index (Phi) is 5.52. The van der Waals surface area contributed by atoms with Crippen LogP contribution in [0.5, 0.6) is 0 Å². The molecule has 7 nitrogen and oxygen atoms in total. The van der Waals surface area contributed by atoms with Crippen LogP contribution in [0.2, 0.25) is 0 Å². The number of ether oxygens (including phenoxy) is 1. The van der Waals surface area contributed by atoms with Gasteiger partial charge < -0.3 is 4.74 Å². The third-order valence-electron chi connectivity index (χ3n) is 4.85. The Morgan fingerprint density at radius 3 is 2.47 bits per heavy atom. The molecule has 3 aromatic heterocycles. The van der Waals surface area contributed by atoms with Crippen molar-refractivity contribution in [1.29, 1.82) is 0 Å². The van der Waals surface area contributed by atoms with Gasteiger partial charge in [-0.05, 0) is 44.2 Å². The number of benzene rings is 1. The van der Waals surface area contributed by atoms with Crippen LogP contribution in [-0.4, -0.2) is 36.7 Å². The third kappa shape index (κ3) is 4.11. The van der Waals surface area contributed by atoms with Gasteiger partial charge in [-0.25, -0.2) is 19.1 Å². The van der Waals surface area contributed by atoms with E-state index in [0.717, 1.165) is 0 Å². The van der Waals surface area contributed by atoms with E-state index in [4.69, 9.17) is 4.74 Å². The van der Waals surface area contributed by atoms with Gasteiger partial charge in [-0.1, -0.05) is 18.2 Å². The molecule has 0 fully saturated rings. The number of aromatic nitrogens is 5. The molecule has 1 aromatic carbocycles. The minimum absolute atomic E-state index is 0.0782. The zero-order valence-electron chi connectivity index (χ0n) is 17.1. The zero-order chi connectivity index (χ0) is 22.9. The Balaban J connectivity index is 1.69. The summed E-state index contributed by atoms with van der Waals surface area (Å²) >= 11 is 0. The maximum absolute atomic E-state index is 14.0. The van der Waals surface area contributed by atoms with Crippen LogP contribution in [-0.2, 0) is 4.74 Å². The van der Waals surface area contributed by atoms with Gasteiger partial charge in [-0.3, -0.25) is 0 Å². The summed E-state index contributed by atoms with van der Waals surface area (Å²) in [5.74, 6) is -0.855. The summed E-state index contributed by atoms with van der Waals surface area (Å²) in [5, 5.41) is 8.25. The van der Waals surface area contributed by atoms with E-state index in [2.05, 4.69) is 15.2 Å². The second-order valence-electron chi connectivity index (χ2n) is 7.01. The molecule has 0 N–H and O–H groups in total. The number of hydrogen-bond acceptors (Lipinski definition) is 5. The maximum Gasteiger partial charge on any atom is 0.430 e. The van der Waals surface area contributed by atoms with Crippen molar-refractivity contribution in [2.24, 2.45) is 0 Å². The normalized spacial score (nSPS) is 12.5. The number of hydrogen-bond donors (Lipinski definition) is 0. The van der Waals surface area contributed by atoms with Crippen LogP contribution in [0, 0.1) is 13.8 Å². The van der Waals surface area contributed by atoms with Crippen LogP contribution in [0.3, 0.4) is 0 Å². The third-order valence-corrected chi connectivity index (χ3v) is 4.85. The Bertz CT molecular complexity index is 1230. The summed E-state index contributed by atoms with van der Waals surface area (Å²) in [7, 11) is 0. The Hall–Kier alpha value is -3.95. The van der Waals surface area contributed by atoms with Crippen LogP contribution in [0.1, 0.15) is 33.4 Å². The van der Waals surface area contributed by atoms with Crippen molar-refractivity contribution in [3.05, 3.63) is 89.6 Å². The van der Waals surface area contributed by atoms with E-state index in [1.807, 2.05) is 0 Å². The van der Waals surface area contributed by atoms with Crippen molar-refractivity contribution < 1.29 is 22.7 Å². The molecule has 32 heavy (non-hydrogen) atoms. The molecule has 10 heteroatoms. The lowest BCUT2D eigenvalue weighted by Crippen LogP contribution is -2.27. The number of carbonyl (C=O) groups is 1. The molecule has 0 amide bonds. The van der Waals surface area contributed by atoms with E-state index < -0.39 is 18.2 Å². The van der Waals surface area contributed by atoms with Crippen LogP contribution in [0.15, 0.2) is 67.1 Å². The molecule has 1 atom stereocenters. The lowest BCUT2D eigenvalue weighted by Gasteiger charge is -2.21.